The van der Waals surface area contributed by atoms with Crippen LogP contribution in [-0.2, 0) is 10.0 Å². The largest absolute Gasteiger partial charge is 0.241 e. The Morgan fingerprint density at radius 1 is 1.35 bits per heavy atom. The molecule has 0 aliphatic heterocycles. The van der Waals surface area contributed by atoms with Crippen LogP contribution in [0.2, 0.25) is 0 Å². The van der Waals surface area contributed by atoms with Crippen molar-refractivity contribution >= 4 is 41.9 Å². The quantitative estimate of drug-likeness (QED) is 0.797. The van der Waals surface area contributed by atoms with E-state index in [1.165, 1.54) is 6.07 Å². The van der Waals surface area contributed by atoms with Crippen LogP contribution in [0.15, 0.2) is 32.0 Å². The number of nitrogens with zero attached hydrogens (tertiary/aromatic N) is 1. The summed E-state index contributed by atoms with van der Waals surface area (Å²) in [4.78, 5) is 0.192. The number of rotatable bonds is 5. The maximum Gasteiger partial charge on any atom is 0.241 e. The lowest BCUT2D eigenvalue weighted by Crippen LogP contribution is -2.25. The van der Waals surface area contributed by atoms with Gasteiger partial charge in [0.05, 0.1) is 11.0 Å². The second-order valence-corrected chi connectivity index (χ2v) is 6.74. The minimum absolute atomic E-state index is 0.192. The normalized spacial score (nSPS) is 11.1. The molecule has 1 rings (SSSR count). The van der Waals surface area contributed by atoms with Crippen molar-refractivity contribution in [2.24, 2.45) is 0 Å². The van der Waals surface area contributed by atoms with Crippen LogP contribution in [0.25, 0.3) is 0 Å². The van der Waals surface area contributed by atoms with Gasteiger partial charge in [-0.3, -0.25) is 0 Å². The molecule has 0 saturated carbocycles. The van der Waals surface area contributed by atoms with Crippen molar-refractivity contribution < 1.29 is 8.42 Å². The fourth-order valence-electron chi connectivity index (χ4n) is 1.14. The molecule has 0 radical (unpaired) electrons. The average Bonchev–Trinajstić information content (AvgIpc) is 2.24. The lowest BCUT2D eigenvalue weighted by atomic mass is 10.3. The fourth-order valence-corrected chi connectivity index (χ4v) is 3.96. The molecule has 17 heavy (non-hydrogen) atoms. The van der Waals surface area contributed by atoms with Gasteiger partial charge in [-0.1, -0.05) is 15.9 Å². The second-order valence-electron chi connectivity index (χ2n) is 3.23. The van der Waals surface area contributed by atoms with Gasteiger partial charge in [0.2, 0.25) is 10.0 Å². The molecular formula is C10H10Br2N2O2S. The molecule has 0 bridgehead atoms. The number of nitriles is 1. The van der Waals surface area contributed by atoms with E-state index >= 15 is 0 Å². The Labute approximate surface area is 117 Å². The van der Waals surface area contributed by atoms with Gasteiger partial charge in [0, 0.05) is 21.9 Å². The Kier molecular flexibility index (Phi) is 5.59. The predicted molar refractivity (Wildman–Crippen MR) is 71.9 cm³/mol. The van der Waals surface area contributed by atoms with E-state index < -0.39 is 10.0 Å². The maximum absolute atomic E-state index is 11.9. The zero-order chi connectivity index (χ0) is 12.9. The number of nitrogens with one attached hydrogen (secondary N) is 1. The van der Waals surface area contributed by atoms with E-state index in [2.05, 4.69) is 36.6 Å². The van der Waals surface area contributed by atoms with Crippen molar-refractivity contribution in [2.75, 3.05) is 6.54 Å². The predicted octanol–water partition coefficient (Wildman–Crippen LogP) is 2.79. The van der Waals surface area contributed by atoms with Gasteiger partial charge in [0.15, 0.2) is 0 Å². The van der Waals surface area contributed by atoms with Crippen molar-refractivity contribution in [3.63, 3.8) is 0 Å². The van der Waals surface area contributed by atoms with E-state index in [1.807, 2.05) is 6.07 Å². The summed E-state index contributed by atoms with van der Waals surface area (Å²) >= 11 is 6.46. The summed E-state index contributed by atoms with van der Waals surface area (Å²) in [6, 6.07) is 6.81. The van der Waals surface area contributed by atoms with Crippen LogP contribution in [0.4, 0.5) is 0 Å². The molecule has 0 saturated heterocycles. The van der Waals surface area contributed by atoms with Gasteiger partial charge in [-0.25, -0.2) is 13.1 Å². The van der Waals surface area contributed by atoms with Crippen molar-refractivity contribution in [1.29, 1.82) is 5.26 Å². The monoisotopic (exact) mass is 380 g/mol. The number of hydrogen-bond donors (Lipinski definition) is 1. The fraction of sp³-hybridized carbons (Fsp3) is 0.300. The number of unbranched alkanes of at least 4 members (excludes halogenated alkanes) is 1. The molecule has 0 aromatic heterocycles. The molecule has 0 aliphatic carbocycles. The SMILES string of the molecule is N#CCCCNS(=O)(=O)c1ccc(Br)cc1Br. The van der Waals surface area contributed by atoms with E-state index in [9.17, 15) is 8.42 Å². The summed E-state index contributed by atoms with van der Waals surface area (Å²) in [5, 5.41) is 8.35. The van der Waals surface area contributed by atoms with E-state index in [1.54, 1.807) is 12.1 Å². The molecule has 0 spiro atoms. The molecule has 1 aromatic rings. The zero-order valence-corrected chi connectivity index (χ0v) is 12.8. The molecule has 1 aromatic carbocycles. The maximum atomic E-state index is 11.9. The molecule has 92 valence electrons. The summed E-state index contributed by atoms with van der Waals surface area (Å²) in [6.07, 6.45) is 0.841. The van der Waals surface area contributed by atoms with Crippen molar-refractivity contribution in [1.82, 2.24) is 4.72 Å². The third kappa shape index (κ3) is 4.39. The third-order valence-corrected chi connectivity index (χ3v) is 4.87. The first-order valence-corrected chi connectivity index (χ1v) is 7.86. The Hall–Kier alpha value is -0.420. The van der Waals surface area contributed by atoms with Crippen LogP contribution < -0.4 is 4.72 Å². The first-order valence-electron chi connectivity index (χ1n) is 4.79. The zero-order valence-electron chi connectivity index (χ0n) is 8.78. The Bertz CT molecular complexity index is 538. The summed E-state index contributed by atoms with van der Waals surface area (Å²) in [5.41, 5.74) is 0. The van der Waals surface area contributed by atoms with Crippen LogP contribution in [0, 0.1) is 11.3 Å². The van der Waals surface area contributed by atoms with Gasteiger partial charge in [-0.15, -0.1) is 0 Å². The molecule has 0 unspecified atom stereocenters. The molecule has 7 heteroatoms. The van der Waals surface area contributed by atoms with Gasteiger partial charge < -0.3 is 0 Å². The highest BCUT2D eigenvalue weighted by molar-refractivity contribution is 9.11. The molecular weight excluding hydrogens is 372 g/mol. The highest BCUT2D eigenvalue weighted by Crippen LogP contribution is 2.25. The Morgan fingerprint density at radius 2 is 2.06 bits per heavy atom. The average molecular weight is 382 g/mol. The van der Waals surface area contributed by atoms with E-state index in [-0.39, 0.29) is 11.4 Å². The highest BCUT2D eigenvalue weighted by atomic mass is 79.9. The van der Waals surface area contributed by atoms with E-state index in [4.69, 9.17) is 5.26 Å². The van der Waals surface area contributed by atoms with Crippen molar-refractivity contribution in [3.8, 4) is 6.07 Å². The number of hydrogen-bond acceptors (Lipinski definition) is 3. The van der Waals surface area contributed by atoms with Crippen molar-refractivity contribution in [3.05, 3.63) is 27.1 Å². The van der Waals surface area contributed by atoms with E-state index in [0.717, 1.165) is 4.47 Å². The minimum Gasteiger partial charge on any atom is -0.211 e. The molecule has 0 fully saturated rings. The van der Waals surface area contributed by atoms with Crippen LogP contribution in [0.3, 0.4) is 0 Å². The van der Waals surface area contributed by atoms with Crippen LogP contribution in [0.5, 0.6) is 0 Å². The van der Waals surface area contributed by atoms with Gasteiger partial charge in [-0.05, 0) is 40.5 Å². The van der Waals surface area contributed by atoms with E-state index in [0.29, 0.717) is 17.3 Å². The van der Waals surface area contributed by atoms with Crippen molar-refractivity contribution in [2.45, 2.75) is 17.7 Å². The van der Waals surface area contributed by atoms with Gasteiger partial charge >= 0.3 is 0 Å². The standard InChI is InChI=1S/C10H10Br2N2O2S/c11-8-3-4-10(9(12)7-8)17(15,16)14-6-2-1-5-13/h3-4,7,14H,1-2,6H2. The summed E-state index contributed by atoms with van der Waals surface area (Å²) in [6.45, 7) is 0.262. The van der Waals surface area contributed by atoms with Gasteiger partial charge in [0.1, 0.15) is 0 Å². The first kappa shape index (κ1) is 14.6. The summed E-state index contributed by atoms with van der Waals surface area (Å²) in [7, 11) is -3.52. The van der Waals surface area contributed by atoms with Crippen LogP contribution in [0.1, 0.15) is 12.8 Å². The topological polar surface area (TPSA) is 70.0 Å². The molecule has 0 amide bonds. The highest BCUT2D eigenvalue weighted by Gasteiger charge is 2.16. The molecule has 0 aliphatic rings. The number of benzene rings is 1. The number of halogens is 2. The van der Waals surface area contributed by atoms with Gasteiger partial charge in [-0.2, -0.15) is 5.26 Å². The third-order valence-electron chi connectivity index (χ3n) is 1.94. The smallest absolute Gasteiger partial charge is 0.211 e. The lowest BCUT2D eigenvalue weighted by molar-refractivity contribution is 0.579. The number of sulfonamides is 1. The lowest BCUT2D eigenvalue weighted by Gasteiger charge is -2.07. The molecule has 0 heterocycles. The summed E-state index contributed by atoms with van der Waals surface area (Å²) in [5.74, 6) is 0. The van der Waals surface area contributed by atoms with Crippen LogP contribution in [-0.4, -0.2) is 15.0 Å². The van der Waals surface area contributed by atoms with Crippen LogP contribution >= 0.6 is 31.9 Å². The molecule has 4 nitrogen and oxygen atoms in total. The Balaban J connectivity index is 2.80. The summed E-state index contributed by atoms with van der Waals surface area (Å²) < 4.78 is 27.5. The first-order chi connectivity index (χ1) is 7.97. The van der Waals surface area contributed by atoms with Gasteiger partial charge in [0.25, 0.3) is 0 Å². The second kappa shape index (κ2) is 6.50. The minimum atomic E-state index is -3.52. The molecule has 0 atom stereocenters. The molecule has 1 N–H and O–H groups in total. The Morgan fingerprint density at radius 3 is 2.65 bits per heavy atom.